The molecule has 0 radical (unpaired) electrons. The third-order valence-corrected chi connectivity index (χ3v) is 4.41. The molecule has 0 aliphatic carbocycles. The summed E-state index contributed by atoms with van der Waals surface area (Å²) in [5.74, 6) is -0.176. The molecule has 132 valence electrons. The van der Waals surface area contributed by atoms with Crippen molar-refractivity contribution in [3.8, 4) is 0 Å². The van der Waals surface area contributed by atoms with Crippen molar-refractivity contribution in [3.05, 3.63) is 35.1 Å². The van der Waals surface area contributed by atoms with Crippen molar-refractivity contribution < 1.29 is 14.0 Å². The number of rotatable bonds is 8. The van der Waals surface area contributed by atoms with Gasteiger partial charge in [-0.3, -0.25) is 4.79 Å². The minimum atomic E-state index is -0.255. The summed E-state index contributed by atoms with van der Waals surface area (Å²) in [6.07, 6.45) is 5.18. The Bertz CT molecular complexity index is 601. The van der Waals surface area contributed by atoms with Crippen LogP contribution in [0.1, 0.15) is 56.6 Å². The van der Waals surface area contributed by atoms with Gasteiger partial charge in [-0.15, -0.1) is 0 Å². The predicted octanol–water partition coefficient (Wildman–Crippen LogP) is 4.06. The predicted molar refractivity (Wildman–Crippen MR) is 93.6 cm³/mol. The molecule has 1 atom stereocenters. The summed E-state index contributed by atoms with van der Waals surface area (Å²) >= 11 is 0. The molecule has 1 aliphatic heterocycles. The van der Waals surface area contributed by atoms with Crippen LogP contribution in [-0.2, 0) is 9.63 Å². The van der Waals surface area contributed by atoms with E-state index in [0.717, 1.165) is 24.9 Å². The third kappa shape index (κ3) is 5.05. The number of benzene rings is 1. The zero-order chi connectivity index (χ0) is 17.5. The highest BCUT2D eigenvalue weighted by atomic mass is 19.1. The van der Waals surface area contributed by atoms with Gasteiger partial charge < -0.3 is 9.74 Å². The normalized spacial score (nSPS) is 16.7. The van der Waals surface area contributed by atoms with E-state index in [-0.39, 0.29) is 17.8 Å². The summed E-state index contributed by atoms with van der Waals surface area (Å²) in [4.78, 5) is 19.4. The summed E-state index contributed by atoms with van der Waals surface area (Å²) in [5, 5.41) is 4.04. The lowest BCUT2D eigenvalue weighted by Crippen LogP contribution is -2.30. The quantitative estimate of drug-likeness (QED) is 0.673. The monoisotopic (exact) mass is 334 g/mol. The van der Waals surface area contributed by atoms with E-state index < -0.39 is 0 Å². The van der Waals surface area contributed by atoms with Crippen molar-refractivity contribution in [2.45, 2.75) is 58.5 Å². The van der Waals surface area contributed by atoms with Gasteiger partial charge in [0.05, 0.1) is 12.1 Å². The second-order valence-electron chi connectivity index (χ2n) is 6.51. The number of unbranched alkanes of at least 4 members (excludes halogenated alkanes) is 3. The molecule has 0 saturated carbocycles. The first-order chi connectivity index (χ1) is 11.5. The van der Waals surface area contributed by atoms with Crippen LogP contribution < -0.4 is 0 Å². The summed E-state index contributed by atoms with van der Waals surface area (Å²) in [5.41, 5.74) is 2.04. The smallest absolute Gasteiger partial charge is 0.226 e. The van der Waals surface area contributed by atoms with Gasteiger partial charge >= 0.3 is 0 Å². The molecule has 0 aromatic heterocycles. The van der Waals surface area contributed by atoms with Crippen molar-refractivity contribution in [2.75, 3.05) is 13.6 Å². The van der Waals surface area contributed by atoms with Gasteiger partial charge in [-0.25, -0.2) is 4.39 Å². The van der Waals surface area contributed by atoms with Crippen molar-refractivity contribution >= 4 is 11.6 Å². The first-order valence-corrected chi connectivity index (χ1v) is 8.74. The Hall–Kier alpha value is -1.91. The standard InChI is InChI=1S/C19H27FN2O2/c1-4-5-6-7-10-22(3)19(23)13-16-12-18(21-24-16)15-9-8-14(2)17(20)11-15/h8-9,11,16H,4-7,10,12-13H2,1-3H3. The van der Waals surface area contributed by atoms with E-state index >= 15 is 0 Å². The topological polar surface area (TPSA) is 41.9 Å². The summed E-state index contributed by atoms with van der Waals surface area (Å²) in [6, 6.07) is 5.04. The Kier molecular flexibility index (Phi) is 6.76. The van der Waals surface area contributed by atoms with E-state index in [1.807, 2.05) is 13.1 Å². The molecule has 1 amide bonds. The van der Waals surface area contributed by atoms with Crippen LogP contribution in [0.3, 0.4) is 0 Å². The first-order valence-electron chi connectivity index (χ1n) is 8.74. The Morgan fingerprint density at radius 3 is 2.88 bits per heavy atom. The Labute approximate surface area is 143 Å². The number of hydrogen-bond acceptors (Lipinski definition) is 3. The van der Waals surface area contributed by atoms with Gasteiger partial charge in [0.2, 0.25) is 5.91 Å². The Balaban J connectivity index is 1.79. The highest BCUT2D eigenvalue weighted by Gasteiger charge is 2.26. The lowest BCUT2D eigenvalue weighted by atomic mass is 10.0. The fourth-order valence-electron chi connectivity index (χ4n) is 2.73. The highest BCUT2D eigenvalue weighted by Crippen LogP contribution is 2.21. The fraction of sp³-hybridized carbons (Fsp3) is 0.579. The molecule has 1 heterocycles. The molecule has 0 N–H and O–H groups in total. The SMILES string of the molecule is CCCCCCN(C)C(=O)CC1CC(c2ccc(C)c(F)c2)=NO1. The third-order valence-electron chi connectivity index (χ3n) is 4.41. The van der Waals surface area contributed by atoms with Crippen LogP contribution in [0.5, 0.6) is 0 Å². The van der Waals surface area contributed by atoms with Gasteiger partial charge in [-0.1, -0.05) is 43.5 Å². The van der Waals surface area contributed by atoms with Gasteiger partial charge in [0.15, 0.2) is 0 Å². The van der Waals surface area contributed by atoms with Gasteiger partial charge in [0, 0.05) is 25.6 Å². The molecule has 0 fully saturated rings. The first kappa shape index (κ1) is 18.4. The van der Waals surface area contributed by atoms with E-state index in [1.54, 1.807) is 17.9 Å². The van der Waals surface area contributed by atoms with Crippen LogP contribution in [0.25, 0.3) is 0 Å². The summed E-state index contributed by atoms with van der Waals surface area (Å²) < 4.78 is 13.7. The summed E-state index contributed by atoms with van der Waals surface area (Å²) in [7, 11) is 1.83. The maximum atomic E-state index is 13.7. The molecule has 1 aliphatic rings. The van der Waals surface area contributed by atoms with Crippen LogP contribution in [0.2, 0.25) is 0 Å². The molecule has 4 nitrogen and oxygen atoms in total. The molecule has 1 aromatic carbocycles. The van der Waals surface area contributed by atoms with Gasteiger partial charge in [0.25, 0.3) is 0 Å². The van der Waals surface area contributed by atoms with E-state index in [1.165, 1.54) is 18.9 Å². The lowest BCUT2D eigenvalue weighted by molar-refractivity contribution is -0.132. The number of hydrogen-bond donors (Lipinski definition) is 0. The van der Waals surface area contributed by atoms with Crippen LogP contribution in [0, 0.1) is 12.7 Å². The average Bonchev–Trinajstić information content (AvgIpc) is 3.02. The van der Waals surface area contributed by atoms with Crippen molar-refractivity contribution in [1.29, 1.82) is 0 Å². The number of carbonyl (C=O) groups is 1. The highest BCUT2D eigenvalue weighted by molar-refractivity contribution is 6.01. The second kappa shape index (κ2) is 8.81. The van der Waals surface area contributed by atoms with Crippen LogP contribution >= 0.6 is 0 Å². The Morgan fingerprint density at radius 2 is 2.17 bits per heavy atom. The fourth-order valence-corrected chi connectivity index (χ4v) is 2.73. The number of halogens is 1. The molecule has 0 bridgehead atoms. The number of nitrogens with zero attached hydrogens (tertiary/aromatic N) is 2. The number of carbonyl (C=O) groups excluding carboxylic acids is 1. The summed E-state index contributed by atoms with van der Waals surface area (Å²) in [6.45, 7) is 4.68. The van der Waals surface area contributed by atoms with E-state index in [4.69, 9.17) is 4.84 Å². The number of aryl methyl sites for hydroxylation is 1. The van der Waals surface area contributed by atoms with E-state index in [2.05, 4.69) is 12.1 Å². The van der Waals surface area contributed by atoms with Crippen molar-refractivity contribution in [2.24, 2.45) is 5.16 Å². The van der Waals surface area contributed by atoms with Gasteiger partial charge in [0.1, 0.15) is 11.9 Å². The average molecular weight is 334 g/mol. The van der Waals surface area contributed by atoms with E-state index in [0.29, 0.717) is 24.1 Å². The molecule has 0 saturated heterocycles. The number of oxime groups is 1. The van der Waals surface area contributed by atoms with Crippen LogP contribution in [0.15, 0.2) is 23.4 Å². The minimum absolute atomic E-state index is 0.0723. The lowest BCUT2D eigenvalue weighted by Gasteiger charge is -2.18. The molecule has 1 unspecified atom stereocenters. The second-order valence-corrected chi connectivity index (χ2v) is 6.51. The maximum Gasteiger partial charge on any atom is 0.226 e. The van der Waals surface area contributed by atoms with Gasteiger partial charge in [-0.05, 0) is 25.0 Å². The van der Waals surface area contributed by atoms with Crippen molar-refractivity contribution in [3.63, 3.8) is 0 Å². The van der Waals surface area contributed by atoms with Crippen LogP contribution in [-0.4, -0.2) is 36.2 Å². The zero-order valence-electron chi connectivity index (χ0n) is 14.8. The largest absolute Gasteiger partial charge is 0.391 e. The van der Waals surface area contributed by atoms with Crippen molar-refractivity contribution in [1.82, 2.24) is 4.90 Å². The molecular formula is C19H27FN2O2. The minimum Gasteiger partial charge on any atom is -0.391 e. The molecule has 0 spiro atoms. The molecule has 5 heteroatoms. The molecular weight excluding hydrogens is 307 g/mol. The maximum absolute atomic E-state index is 13.7. The van der Waals surface area contributed by atoms with E-state index in [9.17, 15) is 9.18 Å². The van der Waals surface area contributed by atoms with Crippen LogP contribution in [0.4, 0.5) is 4.39 Å². The van der Waals surface area contributed by atoms with Gasteiger partial charge in [-0.2, -0.15) is 0 Å². The Morgan fingerprint density at radius 1 is 1.38 bits per heavy atom. The molecule has 1 aromatic rings. The number of amides is 1. The zero-order valence-corrected chi connectivity index (χ0v) is 14.8. The molecule has 2 rings (SSSR count). The molecule has 24 heavy (non-hydrogen) atoms.